The quantitative estimate of drug-likeness (QED) is 0.821. The van der Waals surface area contributed by atoms with Gasteiger partial charge in [0.15, 0.2) is 0 Å². The maximum Gasteiger partial charge on any atom is 0.410 e. The summed E-state index contributed by atoms with van der Waals surface area (Å²) in [4.78, 5) is 28.8. The van der Waals surface area contributed by atoms with E-state index in [2.05, 4.69) is 0 Å². The van der Waals surface area contributed by atoms with E-state index in [-0.39, 0.29) is 18.6 Å². The van der Waals surface area contributed by atoms with Crippen LogP contribution in [0.25, 0.3) is 0 Å². The summed E-state index contributed by atoms with van der Waals surface area (Å²) in [6, 6.07) is 9.63. The van der Waals surface area contributed by atoms with Crippen molar-refractivity contribution in [3.05, 3.63) is 35.9 Å². The van der Waals surface area contributed by atoms with E-state index in [0.717, 1.165) is 31.4 Å². The summed E-state index contributed by atoms with van der Waals surface area (Å²) in [6.45, 7) is 3.25. The largest absolute Gasteiger partial charge is 0.445 e. The van der Waals surface area contributed by atoms with Crippen LogP contribution in [-0.4, -0.2) is 61.7 Å². The summed E-state index contributed by atoms with van der Waals surface area (Å²) in [5.74, 6) is 0.161. The second kappa shape index (κ2) is 7.87. The highest BCUT2D eigenvalue weighted by molar-refractivity contribution is 5.85. The zero-order valence-corrected chi connectivity index (χ0v) is 14.8. The fourth-order valence-corrected chi connectivity index (χ4v) is 3.78. The van der Waals surface area contributed by atoms with Gasteiger partial charge in [0, 0.05) is 33.3 Å². The fraction of sp³-hybridized carbons (Fsp3) is 0.579. The number of carbonyl (C=O) groups excluding carboxylic acids is 2. The predicted octanol–water partition coefficient (Wildman–Crippen LogP) is 2.28. The van der Waals surface area contributed by atoms with Crippen LogP contribution in [0.3, 0.4) is 0 Å². The van der Waals surface area contributed by atoms with Crippen LogP contribution in [0.15, 0.2) is 30.3 Å². The van der Waals surface area contributed by atoms with Gasteiger partial charge in [0.05, 0.1) is 12.0 Å². The molecule has 0 bridgehead atoms. The van der Waals surface area contributed by atoms with E-state index in [9.17, 15) is 9.59 Å². The Morgan fingerprint density at radius 2 is 2.00 bits per heavy atom. The molecule has 0 N–H and O–H groups in total. The third-order valence-corrected chi connectivity index (χ3v) is 5.21. The molecule has 3 rings (SSSR count). The molecular formula is C19H26N2O4. The van der Waals surface area contributed by atoms with Gasteiger partial charge in [0.25, 0.3) is 0 Å². The zero-order valence-electron chi connectivity index (χ0n) is 14.8. The highest BCUT2D eigenvalue weighted by Crippen LogP contribution is 2.40. The average Bonchev–Trinajstić information content (AvgIpc) is 3.07. The van der Waals surface area contributed by atoms with Crippen molar-refractivity contribution in [1.29, 1.82) is 0 Å². The molecule has 0 aliphatic carbocycles. The van der Waals surface area contributed by atoms with E-state index < -0.39 is 5.41 Å². The van der Waals surface area contributed by atoms with E-state index in [1.54, 1.807) is 12.0 Å². The molecule has 2 aliphatic rings. The van der Waals surface area contributed by atoms with Crippen LogP contribution in [0.2, 0.25) is 0 Å². The van der Waals surface area contributed by atoms with Gasteiger partial charge in [-0.2, -0.15) is 0 Å². The van der Waals surface area contributed by atoms with Crippen LogP contribution in [0.4, 0.5) is 4.79 Å². The second-order valence-corrected chi connectivity index (χ2v) is 6.88. The van der Waals surface area contributed by atoms with Gasteiger partial charge in [0.1, 0.15) is 6.61 Å². The highest BCUT2D eigenvalue weighted by Gasteiger charge is 2.49. The van der Waals surface area contributed by atoms with Crippen molar-refractivity contribution in [2.45, 2.75) is 25.9 Å². The number of hydrogen-bond donors (Lipinski definition) is 0. The Bertz CT molecular complexity index is 607. The van der Waals surface area contributed by atoms with Gasteiger partial charge in [-0.1, -0.05) is 30.3 Å². The summed E-state index contributed by atoms with van der Waals surface area (Å²) in [6.07, 6.45) is 2.21. The second-order valence-electron chi connectivity index (χ2n) is 6.88. The van der Waals surface area contributed by atoms with E-state index in [4.69, 9.17) is 9.47 Å². The lowest BCUT2D eigenvalue weighted by Crippen LogP contribution is -2.51. The van der Waals surface area contributed by atoms with Crippen molar-refractivity contribution >= 4 is 12.0 Å². The van der Waals surface area contributed by atoms with Crippen LogP contribution in [0.1, 0.15) is 24.8 Å². The molecule has 2 heterocycles. The molecule has 0 aromatic heterocycles. The Labute approximate surface area is 148 Å². The third-order valence-electron chi connectivity index (χ3n) is 5.21. The summed E-state index contributed by atoms with van der Waals surface area (Å²) in [7, 11) is 1.64. The van der Waals surface area contributed by atoms with Crippen molar-refractivity contribution in [2.24, 2.45) is 5.41 Å². The molecule has 0 radical (unpaired) electrons. The van der Waals surface area contributed by atoms with Gasteiger partial charge >= 0.3 is 6.09 Å². The molecule has 2 aliphatic heterocycles. The maximum absolute atomic E-state index is 12.9. The summed E-state index contributed by atoms with van der Waals surface area (Å²) in [5, 5.41) is 0. The van der Waals surface area contributed by atoms with Crippen LogP contribution in [0.5, 0.6) is 0 Å². The zero-order chi connectivity index (χ0) is 17.7. The first-order valence-electron chi connectivity index (χ1n) is 8.88. The Balaban J connectivity index is 1.56. The monoisotopic (exact) mass is 346 g/mol. The highest BCUT2D eigenvalue weighted by atomic mass is 16.6. The predicted molar refractivity (Wildman–Crippen MR) is 92.9 cm³/mol. The Kier molecular flexibility index (Phi) is 5.58. The molecular weight excluding hydrogens is 320 g/mol. The van der Waals surface area contributed by atoms with Crippen molar-refractivity contribution in [2.75, 3.05) is 39.9 Å². The lowest BCUT2D eigenvalue weighted by molar-refractivity contribution is -0.146. The molecule has 1 spiro atoms. The Hall–Kier alpha value is -2.08. The summed E-state index contributed by atoms with van der Waals surface area (Å²) in [5.41, 5.74) is 0.529. The van der Waals surface area contributed by atoms with Crippen molar-refractivity contribution in [3.63, 3.8) is 0 Å². The molecule has 1 atom stereocenters. The molecule has 2 saturated heterocycles. The molecule has 1 aromatic rings. The van der Waals surface area contributed by atoms with E-state index in [1.165, 1.54) is 0 Å². The summed E-state index contributed by atoms with van der Waals surface area (Å²) < 4.78 is 10.5. The smallest absolute Gasteiger partial charge is 0.410 e. The average molecular weight is 346 g/mol. The maximum atomic E-state index is 12.9. The minimum atomic E-state index is -0.433. The number of benzene rings is 1. The fourth-order valence-electron chi connectivity index (χ4n) is 3.78. The molecule has 0 unspecified atom stereocenters. The van der Waals surface area contributed by atoms with Crippen LogP contribution in [0, 0.1) is 5.41 Å². The van der Waals surface area contributed by atoms with Crippen LogP contribution < -0.4 is 0 Å². The number of piperidine rings is 1. The normalized spacial score (nSPS) is 23.3. The number of nitrogens with zero attached hydrogens (tertiary/aromatic N) is 2. The number of hydrogen-bond acceptors (Lipinski definition) is 4. The first kappa shape index (κ1) is 17.7. The molecule has 0 saturated carbocycles. The van der Waals surface area contributed by atoms with Gasteiger partial charge < -0.3 is 19.3 Å². The minimum Gasteiger partial charge on any atom is -0.445 e. The minimum absolute atomic E-state index is 0.161. The van der Waals surface area contributed by atoms with Gasteiger partial charge in [0.2, 0.25) is 5.91 Å². The van der Waals surface area contributed by atoms with E-state index in [0.29, 0.717) is 26.2 Å². The number of carbonyl (C=O) groups is 2. The molecule has 2 amide bonds. The SMILES string of the molecule is COCCN1CCC[C@]2(CCN(C(=O)OCc3ccccc3)C2)C1=O. The molecule has 6 nitrogen and oxygen atoms in total. The van der Waals surface area contributed by atoms with Gasteiger partial charge in [-0.05, 0) is 24.8 Å². The van der Waals surface area contributed by atoms with Crippen molar-refractivity contribution in [1.82, 2.24) is 9.80 Å². The van der Waals surface area contributed by atoms with Crippen molar-refractivity contribution < 1.29 is 19.1 Å². The number of likely N-dealkylation sites (tertiary alicyclic amines) is 2. The Morgan fingerprint density at radius 3 is 2.76 bits per heavy atom. The number of rotatable bonds is 5. The Morgan fingerprint density at radius 1 is 1.20 bits per heavy atom. The summed E-state index contributed by atoms with van der Waals surface area (Å²) >= 11 is 0. The van der Waals surface area contributed by atoms with E-state index >= 15 is 0 Å². The topological polar surface area (TPSA) is 59.1 Å². The number of methoxy groups -OCH3 is 1. The molecule has 136 valence electrons. The van der Waals surface area contributed by atoms with E-state index in [1.807, 2.05) is 35.2 Å². The van der Waals surface area contributed by atoms with Gasteiger partial charge in [-0.15, -0.1) is 0 Å². The molecule has 2 fully saturated rings. The number of amides is 2. The molecule has 6 heteroatoms. The lowest BCUT2D eigenvalue weighted by atomic mass is 9.78. The van der Waals surface area contributed by atoms with Crippen LogP contribution >= 0.6 is 0 Å². The first-order chi connectivity index (χ1) is 12.1. The molecule has 1 aromatic carbocycles. The first-order valence-corrected chi connectivity index (χ1v) is 8.88. The number of ether oxygens (including phenoxy) is 2. The van der Waals surface area contributed by atoms with Crippen molar-refractivity contribution in [3.8, 4) is 0 Å². The standard InChI is InChI=1S/C19H26N2O4/c1-24-13-12-20-10-5-8-19(17(20)22)9-11-21(15-19)18(23)25-14-16-6-3-2-4-7-16/h2-4,6-7H,5,8-15H2,1H3/t19-/m1/s1. The lowest BCUT2D eigenvalue weighted by Gasteiger charge is -2.39. The third kappa shape index (κ3) is 3.95. The molecule has 25 heavy (non-hydrogen) atoms. The van der Waals surface area contributed by atoms with Crippen LogP contribution in [-0.2, 0) is 20.9 Å². The van der Waals surface area contributed by atoms with Gasteiger partial charge in [-0.25, -0.2) is 4.79 Å². The van der Waals surface area contributed by atoms with Gasteiger partial charge in [-0.3, -0.25) is 4.79 Å².